The van der Waals surface area contributed by atoms with Gasteiger partial charge in [0.2, 0.25) is 7.37 Å². The zero-order valence-electron chi connectivity index (χ0n) is 9.72. The Morgan fingerprint density at radius 1 is 1.06 bits per heavy atom. The molecule has 18 heavy (non-hydrogen) atoms. The van der Waals surface area contributed by atoms with Gasteiger partial charge in [0.25, 0.3) is 0 Å². The third-order valence-electron chi connectivity index (χ3n) is 2.50. The third kappa shape index (κ3) is 5.02. The molecule has 1 aromatic rings. The second kappa shape index (κ2) is 6.11. The largest absolute Gasteiger partial charge is 0.343 e. The fraction of sp³-hybridized carbons (Fsp3) is 0.400. The number of hydrogen-bond donors (Lipinski definition) is 4. The molecule has 0 aliphatic rings. The van der Waals surface area contributed by atoms with Gasteiger partial charge in [0.1, 0.15) is 5.78 Å². The lowest BCUT2D eigenvalue weighted by Crippen LogP contribution is -2.13. The maximum absolute atomic E-state index is 12.0. The fourth-order valence-electron chi connectivity index (χ4n) is 1.53. The third-order valence-corrected chi connectivity index (χ3v) is 5.53. The Morgan fingerprint density at radius 2 is 1.61 bits per heavy atom. The van der Waals surface area contributed by atoms with E-state index in [2.05, 4.69) is 0 Å². The first-order chi connectivity index (χ1) is 8.22. The summed E-state index contributed by atoms with van der Waals surface area (Å²) in [4.78, 5) is 27.2. The average molecular weight is 293 g/mol. The van der Waals surface area contributed by atoms with Gasteiger partial charge in [0.05, 0.1) is 6.16 Å². The quantitative estimate of drug-likeness (QED) is 0.589. The zero-order valence-corrected chi connectivity index (χ0v) is 11.5. The smallest absolute Gasteiger partial charge is 0.325 e. The van der Waals surface area contributed by atoms with Gasteiger partial charge in [-0.2, -0.15) is 0 Å². The van der Waals surface area contributed by atoms with E-state index in [0.29, 0.717) is 5.56 Å². The van der Waals surface area contributed by atoms with Gasteiger partial charge in [-0.3, -0.25) is 9.13 Å². The highest BCUT2D eigenvalue weighted by molar-refractivity contribution is 7.58. The molecule has 102 valence electrons. The highest BCUT2D eigenvalue weighted by Gasteiger charge is 2.29. The van der Waals surface area contributed by atoms with Crippen LogP contribution < -0.4 is 5.73 Å². The van der Waals surface area contributed by atoms with Gasteiger partial charge in [-0.1, -0.05) is 30.3 Å². The Labute approximate surface area is 105 Å². The van der Waals surface area contributed by atoms with Crippen LogP contribution in [0.4, 0.5) is 0 Å². The Bertz CT molecular complexity index is 472. The predicted octanol–water partition coefficient (Wildman–Crippen LogP) is 1.48. The molecule has 0 heterocycles. The Hall–Kier alpha value is -0.480. The second-order valence-corrected chi connectivity index (χ2v) is 8.37. The van der Waals surface area contributed by atoms with E-state index >= 15 is 0 Å². The summed E-state index contributed by atoms with van der Waals surface area (Å²) < 4.78 is 22.6. The van der Waals surface area contributed by atoms with Crippen LogP contribution in [0.2, 0.25) is 0 Å². The Morgan fingerprint density at radius 3 is 2.11 bits per heavy atom. The molecule has 0 saturated heterocycles. The summed E-state index contributed by atoms with van der Waals surface area (Å²) in [6, 6.07) is 8.50. The number of hydrogen-bond acceptors (Lipinski definition) is 3. The molecule has 0 radical (unpaired) electrons. The highest BCUT2D eigenvalue weighted by Crippen LogP contribution is 2.53. The molecule has 2 atom stereocenters. The summed E-state index contributed by atoms with van der Waals surface area (Å²) in [5, 5.41) is 0. The van der Waals surface area contributed by atoms with Crippen molar-refractivity contribution in [2.45, 2.75) is 12.2 Å². The monoisotopic (exact) mass is 293 g/mol. The van der Waals surface area contributed by atoms with Gasteiger partial charge < -0.3 is 20.4 Å². The fourth-order valence-corrected chi connectivity index (χ4v) is 3.87. The van der Waals surface area contributed by atoms with Crippen LogP contribution in [0, 0.1) is 0 Å². The molecule has 0 fully saturated rings. The molecule has 0 bridgehead atoms. The predicted molar refractivity (Wildman–Crippen MR) is 69.6 cm³/mol. The average Bonchev–Trinajstić information content (AvgIpc) is 2.27. The van der Waals surface area contributed by atoms with Crippen molar-refractivity contribution in [3.05, 3.63) is 35.9 Å². The van der Waals surface area contributed by atoms with Crippen LogP contribution >= 0.6 is 15.0 Å². The zero-order chi connectivity index (χ0) is 13.8. The second-order valence-electron chi connectivity index (χ2n) is 4.08. The van der Waals surface area contributed by atoms with E-state index in [1.165, 1.54) is 0 Å². The molecule has 6 nitrogen and oxygen atoms in total. The van der Waals surface area contributed by atoms with Crippen LogP contribution in [0.5, 0.6) is 0 Å². The molecule has 2 unspecified atom stereocenters. The molecule has 0 aliphatic carbocycles. The van der Waals surface area contributed by atoms with E-state index in [9.17, 15) is 14.0 Å². The molecule has 0 aromatic heterocycles. The molecular formula is C10H17NO5P2. The lowest BCUT2D eigenvalue weighted by molar-refractivity contribution is 0.372. The summed E-state index contributed by atoms with van der Waals surface area (Å²) in [5.74, 6) is -1.02. The van der Waals surface area contributed by atoms with Crippen LogP contribution in [0.15, 0.2) is 30.3 Å². The van der Waals surface area contributed by atoms with Crippen LogP contribution in [0.1, 0.15) is 17.8 Å². The summed E-state index contributed by atoms with van der Waals surface area (Å²) in [6.07, 6.45) is -0.633. The standard InChI is InChI=1S/C10H17NO5P2/c11-10(9-5-2-1-3-6-9)17(12,13)7-4-8-18(14,15)16/h1-3,5-6,10H,4,7-8,11H2,(H,12,13)(H2,14,15,16). The van der Waals surface area contributed by atoms with Crippen LogP contribution in [-0.4, -0.2) is 27.0 Å². The molecule has 1 aromatic carbocycles. The first-order valence-corrected chi connectivity index (χ1v) is 9.10. The van der Waals surface area contributed by atoms with E-state index in [-0.39, 0.29) is 12.6 Å². The van der Waals surface area contributed by atoms with Crippen molar-refractivity contribution in [1.82, 2.24) is 0 Å². The molecule has 5 N–H and O–H groups in total. The van der Waals surface area contributed by atoms with E-state index in [4.69, 9.17) is 15.5 Å². The maximum atomic E-state index is 12.0. The van der Waals surface area contributed by atoms with Gasteiger partial charge in [0.15, 0.2) is 0 Å². The Balaban J connectivity index is 2.64. The molecule has 0 saturated carbocycles. The lowest BCUT2D eigenvalue weighted by atomic mass is 10.2. The van der Waals surface area contributed by atoms with Crippen LogP contribution in [0.25, 0.3) is 0 Å². The van der Waals surface area contributed by atoms with Crippen LogP contribution in [0.3, 0.4) is 0 Å². The number of rotatable bonds is 6. The first-order valence-electron chi connectivity index (χ1n) is 5.39. The normalized spacial score (nSPS) is 17.1. The molecule has 0 spiro atoms. The highest BCUT2D eigenvalue weighted by atomic mass is 31.2. The van der Waals surface area contributed by atoms with Crippen molar-refractivity contribution >= 4 is 15.0 Å². The maximum Gasteiger partial charge on any atom is 0.325 e. The van der Waals surface area contributed by atoms with Gasteiger partial charge >= 0.3 is 7.60 Å². The SMILES string of the molecule is NC(c1ccccc1)P(=O)(O)CCCP(=O)(O)O. The van der Waals surface area contributed by atoms with E-state index in [0.717, 1.165) is 0 Å². The minimum Gasteiger partial charge on any atom is -0.343 e. The summed E-state index contributed by atoms with van der Waals surface area (Å²) >= 11 is 0. The van der Waals surface area contributed by atoms with Gasteiger partial charge in [0, 0.05) is 6.16 Å². The minimum absolute atomic E-state index is 0.0292. The van der Waals surface area contributed by atoms with E-state index < -0.39 is 26.9 Å². The molecular weight excluding hydrogens is 276 g/mol. The summed E-state index contributed by atoms with van der Waals surface area (Å²) in [6.45, 7) is 0. The van der Waals surface area contributed by atoms with Crippen LogP contribution in [-0.2, 0) is 9.13 Å². The van der Waals surface area contributed by atoms with Crippen molar-refractivity contribution in [2.75, 3.05) is 12.3 Å². The van der Waals surface area contributed by atoms with E-state index in [1.807, 2.05) is 0 Å². The van der Waals surface area contributed by atoms with Crippen molar-refractivity contribution in [1.29, 1.82) is 0 Å². The number of benzene rings is 1. The molecule has 1 rings (SSSR count). The molecule has 0 aliphatic heterocycles. The van der Waals surface area contributed by atoms with Crippen molar-refractivity contribution in [3.63, 3.8) is 0 Å². The minimum atomic E-state index is -4.13. The molecule has 0 amide bonds. The van der Waals surface area contributed by atoms with Gasteiger partial charge in [-0.25, -0.2) is 0 Å². The summed E-state index contributed by atoms with van der Waals surface area (Å²) in [7, 11) is -7.78. The topological polar surface area (TPSA) is 121 Å². The molecule has 8 heteroatoms. The van der Waals surface area contributed by atoms with E-state index in [1.54, 1.807) is 30.3 Å². The van der Waals surface area contributed by atoms with Crippen molar-refractivity contribution < 1.29 is 23.8 Å². The van der Waals surface area contributed by atoms with Crippen molar-refractivity contribution in [3.8, 4) is 0 Å². The van der Waals surface area contributed by atoms with Gasteiger partial charge in [-0.05, 0) is 12.0 Å². The Kier molecular flexibility index (Phi) is 5.29. The van der Waals surface area contributed by atoms with Gasteiger partial charge in [-0.15, -0.1) is 0 Å². The van der Waals surface area contributed by atoms with Crippen molar-refractivity contribution in [2.24, 2.45) is 5.73 Å². The lowest BCUT2D eigenvalue weighted by Gasteiger charge is -2.19. The summed E-state index contributed by atoms with van der Waals surface area (Å²) in [5.41, 5.74) is 6.26. The first kappa shape index (κ1) is 15.6. The number of nitrogens with two attached hydrogens (primary N) is 1.